The summed E-state index contributed by atoms with van der Waals surface area (Å²) in [5.74, 6) is 0.602. The lowest BCUT2D eigenvalue weighted by Crippen LogP contribution is -2.40. The second-order valence-electron chi connectivity index (χ2n) is 10.2. The minimum atomic E-state index is -0.897. The van der Waals surface area contributed by atoms with E-state index in [1.54, 1.807) is 44.2 Å². The monoisotopic (exact) mass is 784 g/mol. The second kappa shape index (κ2) is 15.5. The first-order valence-corrected chi connectivity index (χ1v) is 16.8. The van der Waals surface area contributed by atoms with Crippen molar-refractivity contribution in [3.8, 4) is 23.0 Å². The quantitative estimate of drug-likeness (QED) is 0.151. The van der Waals surface area contributed by atoms with E-state index in [1.165, 1.54) is 37.2 Å². The van der Waals surface area contributed by atoms with Crippen molar-refractivity contribution in [2.45, 2.75) is 19.9 Å². The molecule has 2 heterocycles. The van der Waals surface area contributed by atoms with Gasteiger partial charge in [-0.1, -0.05) is 47.7 Å². The number of rotatable bonds is 12. The van der Waals surface area contributed by atoms with Crippen molar-refractivity contribution in [2.24, 2.45) is 4.99 Å². The van der Waals surface area contributed by atoms with Crippen molar-refractivity contribution >= 4 is 57.6 Å². The first-order chi connectivity index (χ1) is 23.2. The Morgan fingerprint density at radius 1 is 0.917 bits per heavy atom. The lowest BCUT2D eigenvalue weighted by atomic mass is 9.93. The molecule has 0 fully saturated rings. The Bertz CT molecular complexity index is 2050. The van der Waals surface area contributed by atoms with Gasteiger partial charge in [0.15, 0.2) is 34.4 Å². The van der Waals surface area contributed by atoms with Crippen molar-refractivity contribution in [3.05, 3.63) is 106 Å². The van der Waals surface area contributed by atoms with Gasteiger partial charge in [0.2, 0.25) is 0 Å². The molecule has 0 N–H and O–H groups in total. The normalized spacial score (nSPS) is 14.1. The predicted octanol–water partition coefficient (Wildman–Crippen LogP) is 4.51. The Morgan fingerprint density at radius 2 is 1.62 bits per heavy atom. The zero-order valence-corrected chi connectivity index (χ0v) is 29.9. The molecule has 250 valence electrons. The average molecular weight is 785 g/mol. The van der Waals surface area contributed by atoms with Crippen LogP contribution in [0, 0.1) is 3.57 Å². The van der Waals surface area contributed by atoms with Gasteiger partial charge in [-0.15, -0.1) is 0 Å². The smallest absolute Gasteiger partial charge is 0.344 e. The Labute approximate surface area is 294 Å². The van der Waals surface area contributed by atoms with Crippen molar-refractivity contribution in [1.29, 1.82) is 0 Å². The minimum absolute atomic E-state index is 0.132. The molecule has 0 amide bonds. The fourth-order valence-corrected chi connectivity index (χ4v) is 7.01. The number of carbonyl (C=O) groups excluding carboxylic acids is 2. The van der Waals surface area contributed by atoms with Crippen LogP contribution in [-0.2, 0) is 19.1 Å². The number of esters is 2. The molecule has 0 saturated heterocycles. The summed E-state index contributed by atoms with van der Waals surface area (Å²) >= 11 is 3.28. The average Bonchev–Trinajstić information content (AvgIpc) is 3.40. The number of methoxy groups -OCH3 is 3. The molecular weight excluding hydrogens is 751 g/mol. The van der Waals surface area contributed by atoms with Crippen LogP contribution in [0.4, 0.5) is 0 Å². The number of ether oxygens (including phenoxy) is 6. The summed E-state index contributed by atoms with van der Waals surface area (Å²) in [6, 6.07) is 17.2. The van der Waals surface area contributed by atoms with Gasteiger partial charge >= 0.3 is 11.9 Å². The number of nitrogens with zero attached hydrogens (tertiary/aromatic N) is 2. The molecule has 0 radical (unpaired) electrons. The third-order valence-corrected chi connectivity index (χ3v) is 9.07. The van der Waals surface area contributed by atoms with E-state index in [0.717, 1.165) is 0 Å². The number of benzene rings is 3. The van der Waals surface area contributed by atoms with Crippen LogP contribution >= 0.6 is 33.9 Å². The van der Waals surface area contributed by atoms with Crippen molar-refractivity contribution in [2.75, 3.05) is 41.2 Å². The largest absolute Gasteiger partial charge is 0.493 e. The van der Waals surface area contributed by atoms with Crippen LogP contribution in [0.15, 0.2) is 76.0 Å². The lowest BCUT2D eigenvalue weighted by Gasteiger charge is -2.26. The molecule has 4 aromatic rings. The van der Waals surface area contributed by atoms with Crippen LogP contribution in [-0.4, -0.2) is 57.7 Å². The van der Waals surface area contributed by atoms with Crippen LogP contribution in [0.5, 0.6) is 23.0 Å². The van der Waals surface area contributed by atoms with E-state index in [4.69, 9.17) is 33.4 Å². The molecule has 5 rings (SSSR count). The molecule has 0 spiro atoms. The third kappa shape index (κ3) is 7.11. The molecule has 11 nitrogen and oxygen atoms in total. The predicted molar refractivity (Wildman–Crippen MR) is 188 cm³/mol. The maximum atomic E-state index is 14.3. The second-order valence-corrected chi connectivity index (χ2v) is 12.3. The number of carbonyl (C=O) groups is 2. The number of thiazole rings is 1. The first kappa shape index (κ1) is 34.7. The number of hydrogen-bond acceptors (Lipinski definition) is 11. The molecule has 0 unspecified atom stereocenters. The molecule has 0 saturated carbocycles. The minimum Gasteiger partial charge on any atom is -0.493 e. The highest BCUT2D eigenvalue weighted by atomic mass is 127. The summed E-state index contributed by atoms with van der Waals surface area (Å²) in [6.45, 7) is 3.54. The number of aromatic nitrogens is 1. The highest BCUT2D eigenvalue weighted by molar-refractivity contribution is 14.1. The molecule has 1 aliphatic rings. The number of hydrogen-bond donors (Lipinski definition) is 0. The topological polar surface area (TPSA) is 124 Å². The van der Waals surface area contributed by atoms with E-state index in [1.807, 2.05) is 36.4 Å². The zero-order valence-electron chi connectivity index (χ0n) is 26.9. The van der Waals surface area contributed by atoms with Crippen LogP contribution < -0.4 is 33.8 Å². The SMILES string of the molecule is CCOC(=O)COc1c(I)cc(/C=c2\sc3n(c2=O)[C@@H](c2ccc(OC)c(OC)c2)C(C(=O)OCC)=C(c2ccccc2)N=3)cc1OC. The van der Waals surface area contributed by atoms with Gasteiger partial charge in [-0.05, 0) is 77.9 Å². The molecule has 1 atom stereocenters. The Hall–Kier alpha value is -4.63. The molecule has 0 aliphatic carbocycles. The van der Waals surface area contributed by atoms with Crippen molar-refractivity contribution < 1.29 is 38.0 Å². The summed E-state index contributed by atoms with van der Waals surface area (Å²) in [5, 5.41) is 0. The molecule has 1 aliphatic heterocycles. The van der Waals surface area contributed by atoms with Gasteiger partial charge in [0.1, 0.15) is 0 Å². The molecular formula is C35H33IN2O9S. The van der Waals surface area contributed by atoms with Crippen molar-refractivity contribution in [1.82, 2.24) is 4.57 Å². The van der Waals surface area contributed by atoms with Crippen molar-refractivity contribution in [3.63, 3.8) is 0 Å². The fraction of sp³-hybridized carbons (Fsp3) is 0.257. The van der Waals surface area contributed by atoms with Gasteiger partial charge in [0, 0.05) is 5.56 Å². The summed E-state index contributed by atoms with van der Waals surface area (Å²) in [7, 11) is 4.55. The van der Waals surface area contributed by atoms with Crippen LogP contribution in [0.2, 0.25) is 0 Å². The van der Waals surface area contributed by atoms with Gasteiger partial charge in [0.05, 0.1) is 60.0 Å². The highest BCUT2D eigenvalue weighted by Crippen LogP contribution is 2.39. The fourth-order valence-electron chi connectivity index (χ4n) is 5.23. The van der Waals surface area contributed by atoms with E-state index in [2.05, 4.69) is 22.6 Å². The maximum absolute atomic E-state index is 14.3. The molecule has 13 heteroatoms. The van der Waals surface area contributed by atoms with Crippen LogP contribution in [0.25, 0.3) is 11.8 Å². The van der Waals surface area contributed by atoms with Gasteiger partial charge in [-0.25, -0.2) is 14.6 Å². The standard InChI is InChI=1S/C35H33IN2O9S/c1-6-45-28(39)19-47-32-23(36)15-20(16-26(32)44-5)17-27-33(40)38-31(22-13-14-24(42-3)25(18-22)43-4)29(34(41)46-7-2)30(37-35(38)48-27)21-11-9-8-10-12-21/h8-18,31H,6-7,19H2,1-5H3/b27-17-/t31-/m0/s1. The summed E-state index contributed by atoms with van der Waals surface area (Å²) in [5.41, 5.74) is 2.21. The Balaban J connectivity index is 1.73. The van der Waals surface area contributed by atoms with Crippen LogP contribution in [0.3, 0.4) is 0 Å². The van der Waals surface area contributed by atoms with Gasteiger partial charge in [0.25, 0.3) is 5.56 Å². The summed E-state index contributed by atoms with van der Waals surface area (Å²) < 4.78 is 35.4. The van der Waals surface area contributed by atoms with E-state index in [0.29, 0.717) is 58.3 Å². The summed E-state index contributed by atoms with van der Waals surface area (Å²) in [4.78, 5) is 45.3. The van der Waals surface area contributed by atoms with Gasteiger partial charge in [-0.2, -0.15) is 0 Å². The van der Waals surface area contributed by atoms with Gasteiger partial charge in [-0.3, -0.25) is 9.36 Å². The molecule has 1 aromatic heterocycles. The number of fused-ring (bicyclic) bond motifs is 1. The van der Waals surface area contributed by atoms with E-state index in [9.17, 15) is 14.4 Å². The molecule has 3 aromatic carbocycles. The number of halogens is 1. The van der Waals surface area contributed by atoms with E-state index >= 15 is 0 Å². The zero-order chi connectivity index (χ0) is 34.4. The summed E-state index contributed by atoms with van der Waals surface area (Å²) in [6.07, 6.45) is 1.73. The lowest BCUT2D eigenvalue weighted by molar-refractivity contribution is -0.145. The Morgan fingerprint density at radius 3 is 2.29 bits per heavy atom. The maximum Gasteiger partial charge on any atom is 0.344 e. The highest BCUT2D eigenvalue weighted by Gasteiger charge is 2.35. The third-order valence-electron chi connectivity index (χ3n) is 7.29. The Kier molecular flexibility index (Phi) is 11.2. The van der Waals surface area contributed by atoms with E-state index < -0.39 is 18.0 Å². The molecule has 48 heavy (non-hydrogen) atoms. The van der Waals surface area contributed by atoms with Gasteiger partial charge < -0.3 is 28.4 Å². The molecule has 0 bridgehead atoms. The van der Waals surface area contributed by atoms with E-state index in [-0.39, 0.29) is 31.0 Å². The first-order valence-electron chi connectivity index (χ1n) is 14.9. The van der Waals surface area contributed by atoms with Crippen LogP contribution in [0.1, 0.15) is 36.6 Å².